The Labute approximate surface area is 143 Å². The maximum absolute atomic E-state index is 12.4. The highest BCUT2D eigenvalue weighted by Gasteiger charge is 2.22. The monoisotopic (exact) mass is 334 g/mol. The fourth-order valence-electron chi connectivity index (χ4n) is 2.29. The van der Waals surface area contributed by atoms with Crippen LogP contribution in [0.15, 0.2) is 24.3 Å². The van der Waals surface area contributed by atoms with Crippen molar-refractivity contribution >= 4 is 17.7 Å². The number of carbonyl (C=O) groups excluding carboxylic acids is 3. The molecule has 0 aliphatic heterocycles. The Morgan fingerprint density at radius 2 is 1.62 bits per heavy atom. The molecule has 5 heteroatoms. The number of carbonyl (C=O) groups is 3. The molecule has 0 N–H and O–H groups in total. The molecule has 1 aromatic rings. The van der Waals surface area contributed by atoms with E-state index in [1.807, 2.05) is 13.8 Å². The molecular formula is C19H26O5. The van der Waals surface area contributed by atoms with E-state index in [1.54, 1.807) is 18.2 Å². The van der Waals surface area contributed by atoms with Gasteiger partial charge in [0.15, 0.2) is 0 Å². The number of ketones is 1. The Bertz CT molecular complexity index is 565. The van der Waals surface area contributed by atoms with Crippen LogP contribution in [0.1, 0.15) is 73.6 Å². The van der Waals surface area contributed by atoms with Crippen LogP contribution in [-0.4, -0.2) is 30.4 Å². The summed E-state index contributed by atoms with van der Waals surface area (Å²) in [5.74, 6) is -1.17. The quantitative estimate of drug-likeness (QED) is 0.479. The number of rotatable bonds is 10. The third kappa shape index (κ3) is 6.52. The van der Waals surface area contributed by atoms with Gasteiger partial charge in [-0.1, -0.05) is 38.8 Å². The van der Waals surface area contributed by atoms with Gasteiger partial charge >= 0.3 is 11.9 Å². The lowest BCUT2D eigenvalue weighted by Gasteiger charge is -2.17. The van der Waals surface area contributed by atoms with Crippen molar-refractivity contribution in [1.82, 2.24) is 0 Å². The maximum atomic E-state index is 12.4. The van der Waals surface area contributed by atoms with Crippen LogP contribution < -0.4 is 0 Å². The number of unbranched alkanes of at least 4 members (excludes halogenated alkanes) is 1. The first-order valence-corrected chi connectivity index (χ1v) is 8.46. The highest BCUT2D eigenvalue weighted by molar-refractivity contribution is 6.03. The second-order valence-corrected chi connectivity index (χ2v) is 5.76. The molecule has 0 spiro atoms. The lowest BCUT2D eigenvalue weighted by molar-refractivity contribution is -0.119. The van der Waals surface area contributed by atoms with E-state index < -0.39 is 18.0 Å². The molecule has 5 nitrogen and oxygen atoms in total. The van der Waals surface area contributed by atoms with E-state index in [2.05, 4.69) is 0 Å². The van der Waals surface area contributed by atoms with Crippen molar-refractivity contribution < 1.29 is 23.9 Å². The van der Waals surface area contributed by atoms with Gasteiger partial charge in [0.25, 0.3) is 0 Å². The second-order valence-electron chi connectivity index (χ2n) is 5.76. The van der Waals surface area contributed by atoms with Gasteiger partial charge in [-0.2, -0.15) is 0 Å². The van der Waals surface area contributed by atoms with E-state index in [0.29, 0.717) is 13.0 Å². The van der Waals surface area contributed by atoms with Crippen molar-refractivity contribution in [2.24, 2.45) is 0 Å². The van der Waals surface area contributed by atoms with Gasteiger partial charge in [0.2, 0.25) is 0 Å². The molecule has 0 bridgehead atoms. The second kappa shape index (κ2) is 10.6. The highest BCUT2D eigenvalue weighted by Crippen LogP contribution is 2.16. The zero-order chi connectivity index (χ0) is 17.9. The van der Waals surface area contributed by atoms with Gasteiger partial charge in [-0.3, -0.25) is 4.79 Å². The summed E-state index contributed by atoms with van der Waals surface area (Å²) in [4.78, 5) is 35.9. The van der Waals surface area contributed by atoms with E-state index in [9.17, 15) is 14.4 Å². The van der Waals surface area contributed by atoms with Crippen molar-refractivity contribution in [3.05, 3.63) is 35.4 Å². The van der Waals surface area contributed by atoms with Crippen molar-refractivity contribution in [2.45, 2.75) is 59.0 Å². The van der Waals surface area contributed by atoms with Gasteiger partial charge in [0.05, 0.1) is 17.7 Å². The Morgan fingerprint density at radius 1 is 1.00 bits per heavy atom. The lowest BCUT2D eigenvalue weighted by Crippen LogP contribution is -2.22. The Kier molecular flexibility index (Phi) is 8.76. The Morgan fingerprint density at radius 3 is 2.17 bits per heavy atom. The minimum atomic E-state index is -0.599. The highest BCUT2D eigenvalue weighted by atomic mass is 16.5. The number of hydrogen-bond donors (Lipinski definition) is 0. The van der Waals surface area contributed by atoms with Crippen LogP contribution in [-0.2, 0) is 14.3 Å². The predicted octanol–water partition coefficient (Wildman–Crippen LogP) is 3.95. The average molecular weight is 334 g/mol. The summed E-state index contributed by atoms with van der Waals surface area (Å²) in [6, 6.07) is 6.42. The molecule has 0 amide bonds. The summed E-state index contributed by atoms with van der Waals surface area (Å²) in [5, 5.41) is 0. The number of Topliss-reactive ketones (excluding diaryl/α,β-unsaturated/α-hetero) is 1. The molecule has 0 aliphatic carbocycles. The van der Waals surface area contributed by atoms with Gasteiger partial charge in [-0.25, -0.2) is 9.59 Å². The SMILES string of the molecule is CCCCOC(=O)c1ccccc1C(=O)OC(CCC)CC(C)=O. The molecule has 132 valence electrons. The molecule has 0 radical (unpaired) electrons. The normalized spacial score (nSPS) is 11.6. The number of ether oxygens (including phenoxy) is 2. The van der Waals surface area contributed by atoms with E-state index >= 15 is 0 Å². The average Bonchev–Trinajstić information content (AvgIpc) is 2.54. The van der Waals surface area contributed by atoms with Crippen LogP contribution in [0.5, 0.6) is 0 Å². The molecule has 0 heterocycles. The summed E-state index contributed by atoms with van der Waals surface area (Å²) in [5.41, 5.74) is 0.361. The van der Waals surface area contributed by atoms with Gasteiger partial charge in [-0.15, -0.1) is 0 Å². The number of hydrogen-bond acceptors (Lipinski definition) is 5. The van der Waals surface area contributed by atoms with E-state index in [-0.39, 0.29) is 23.3 Å². The summed E-state index contributed by atoms with van der Waals surface area (Å²) in [6.07, 6.45) is 2.81. The van der Waals surface area contributed by atoms with Crippen molar-refractivity contribution in [3.63, 3.8) is 0 Å². The van der Waals surface area contributed by atoms with Crippen LogP contribution in [0.3, 0.4) is 0 Å². The Balaban J connectivity index is 2.86. The minimum Gasteiger partial charge on any atom is -0.462 e. The van der Waals surface area contributed by atoms with Crippen molar-refractivity contribution in [1.29, 1.82) is 0 Å². The van der Waals surface area contributed by atoms with E-state index in [4.69, 9.17) is 9.47 Å². The summed E-state index contributed by atoms with van der Waals surface area (Å²) in [6.45, 7) is 5.75. The largest absolute Gasteiger partial charge is 0.462 e. The topological polar surface area (TPSA) is 69.7 Å². The fraction of sp³-hybridized carbons (Fsp3) is 0.526. The smallest absolute Gasteiger partial charge is 0.339 e. The molecule has 0 fully saturated rings. The van der Waals surface area contributed by atoms with Crippen LogP contribution >= 0.6 is 0 Å². The van der Waals surface area contributed by atoms with Crippen LogP contribution in [0.2, 0.25) is 0 Å². The van der Waals surface area contributed by atoms with Gasteiger partial charge in [0.1, 0.15) is 11.9 Å². The van der Waals surface area contributed by atoms with Crippen molar-refractivity contribution in [2.75, 3.05) is 6.61 Å². The first-order valence-electron chi connectivity index (χ1n) is 8.46. The standard InChI is InChI=1S/C19H26O5/c1-4-6-12-23-18(21)16-10-7-8-11-17(16)19(22)24-15(9-5-2)13-14(3)20/h7-8,10-11,15H,4-6,9,12-13H2,1-3H3. The summed E-state index contributed by atoms with van der Waals surface area (Å²) >= 11 is 0. The molecule has 1 aromatic carbocycles. The third-order valence-corrected chi connectivity index (χ3v) is 3.50. The summed E-state index contributed by atoms with van der Waals surface area (Å²) < 4.78 is 10.6. The molecule has 0 saturated carbocycles. The minimum absolute atomic E-state index is 0.0338. The van der Waals surface area contributed by atoms with Crippen LogP contribution in [0, 0.1) is 0 Å². The molecule has 24 heavy (non-hydrogen) atoms. The molecule has 1 rings (SSSR count). The Hall–Kier alpha value is -2.17. The third-order valence-electron chi connectivity index (χ3n) is 3.50. The fourth-order valence-corrected chi connectivity index (χ4v) is 2.29. The lowest BCUT2D eigenvalue weighted by atomic mass is 10.1. The molecule has 0 aromatic heterocycles. The van der Waals surface area contributed by atoms with Crippen LogP contribution in [0.4, 0.5) is 0 Å². The van der Waals surface area contributed by atoms with E-state index in [1.165, 1.54) is 13.0 Å². The van der Waals surface area contributed by atoms with Gasteiger partial charge in [-0.05, 0) is 31.9 Å². The maximum Gasteiger partial charge on any atom is 0.339 e. The molecule has 0 aliphatic rings. The van der Waals surface area contributed by atoms with Gasteiger partial charge < -0.3 is 9.47 Å². The molecular weight excluding hydrogens is 308 g/mol. The first-order chi connectivity index (χ1) is 11.5. The predicted molar refractivity (Wildman–Crippen MR) is 91.0 cm³/mol. The zero-order valence-corrected chi connectivity index (χ0v) is 14.7. The van der Waals surface area contributed by atoms with E-state index in [0.717, 1.165) is 19.3 Å². The first kappa shape index (κ1) is 19.9. The van der Waals surface area contributed by atoms with Gasteiger partial charge in [0, 0.05) is 6.42 Å². The number of esters is 2. The number of benzene rings is 1. The molecule has 0 saturated heterocycles. The summed E-state index contributed by atoms with van der Waals surface area (Å²) in [7, 11) is 0. The molecule has 1 unspecified atom stereocenters. The van der Waals surface area contributed by atoms with Crippen LogP contribution in [0.25, 0.3) is 0 Å². The van der Waals surface area contributed by atoms with Crippen molar-refractivity contribution in [3.8, 4) is 0 Å². The zero-order valence-electron chi connectivity index (χ0n) is 14.7. The molecule has 1 atom stereocenters.